The number of carbonyl (C=O) groups excluding carboxylic acids is 1. The van der Waals surface area contributed by atoms with Crippen molar-refractivity contribution in [3.05, 3.63) is 46.8 Å². The number of hydrogen-bond acceptors (Lipinski definition) is 4. The van der Waals surface area contributed by atoms with Gasteiger partial charge in [-0.2, -0.15) is 4.72 Å². The van der Waals surface area contributed by atoms with Gasteiger partial charge in [0.15, 0.2) is 0 Å². The number of anilines is 1. The van der Waals surface area contributed by atoms with Crippen LogP contribution in [-0.4, -0.2) is 34.1 Å². The smallest absolute Gasteiger partial charge is 0.321 e. The van der Waals surface area contributed by atoms with Gasteiger partial charge in [0, 0.05) is 29.2 Å². The van der Waals surface area contributed by atoms with E-state index in [0.29, 0.717) is 17.3 Å². The molecule has 0 radical (unpaired) electrons. The van der Waals surface area contributed by atoms with Crippen LogP contribution in [0.2, 0.25) is 0 Å². The topological polar surface area (TPSA) is 78.5 Å². The van der Waals surface area contributed by atoms with Crippen molar-refractivity contribution in [3.8, 4) is 11.8 Å². The number of amides is 2. The first-order chi connectivity index (χ1) is 12.0. The lowest BCUT2D eigenvalue weighted by Gasteiger charge is -2.13. The molecule has 0 unspecified atom stereocenters. The molecule has 0 aliphatic carbocycles. The number of benzene rings is 1. The fourth-order valence-electron chi connectivity index (χ4n) is 2.35. The molecule has 2 N–H and O–H groups in total. The minimum atomic E-state index is -3.50. The number of nitrogens with zero attached hydrogens (tertiary/aromatic N) is 1. The summed E-state index contributed by atoms with van der Waals surface area (Å²) in [5, 5.41) is 2.75. The molecule has 25 heavy (non-hydrogen) atoms. The zero-order chi connectivity index (χ0) is 17.9. The lowest BCUT2D eigenvalue weighted by Crippen LogP contribution is -2.27. The Morgan fingerprint density at radius 3 is 2.60 bits per heavy atom. The summed E-state index contributed by atoms with van der Waals surface area (Å²) in [6.45, 7) is 3.19. The fraction of sp³-hybridized carbons (Fsp3) is 0.235. The molecule has 1 saturated heterocycles. The Hall–Kier alpha value is -2.34. The molecule has 1 aromatic heterocycles. The Morgan fingerprint density at radius 2 is 2.00 bits per heavy atom. The third-order valence-electron chi connectivity index (χ3n) is 3.60. The van der Waals surface area contributed by atoms with Crippen LogP contribution < -0.4 is 14.9 Å². The SMILES string of the molecule is Cc1ccc(S(=O)(=O)NCC#Cc2ccc(N3CCNC3=O)cc2)s1. The van der Waals surface area contributed by atoms with Crippen LogP contribution in [0.15, 0.2) is 40.6 Å². The Bertz CT molecular complexity index is 938. The van der Waals surface area contributed by atoms with E-state index >= 15 is 0 Å². The maximum atomic E-state index is 12.1. The maximum absolute atomic E-state index is 12.1. The fourth-order valence-corrected chi connectivity index (χ4v) is 4.60. The van der Waals surface area contributed by atoms with Gasteiger partial charge in [0.05, 0.1) is 6.54 Å². The van der Waals surface area contributed by atoms with Crippen LogP contribution in [0.25, 0.3) is 0 Å². The predicted octanol–water partition coefficient (Wildman–Crippen LogP) is 1.92. The highest BCUT2D eigenvalue weighted by atomic mass is 32.2. The first-order valence-electron chi connectivity index (χ1n) is 7.66. The van der Waals surface area contributed by atoms with E-state index in [2.05, 4.69) is 21.9 Å². The molecule has 6 nitrogen and oxygen atoms in total. The quantitative estimate of drug-likeness (QED) is 0.802. The van der Waals surface area contributed by atoms with E-state index in [4.69, 9.17) is 0 Å². The van der Waals surface area contributed by atoms with Crippen molar-refractivity contribution in [2.75, 3.05) is 24.5 Å². The van der Waals surface area contributed by atoms with Gasteiger partial charge in [0.25, 0.3) is 10.0 Å². The zero-order valence-corrected chi connectivity index (χ0v) is 15.2. The van der Waals surface area contributed by atoms with Crippen molar-refractivity contribution in [1.82, 2.24) is 10.0 Å². The summed E-state index contributed by atoms with van der Waals surface area (Å²) in [4.78, 5) is 14.2. The van der Waals surface area contributed by atoms with Gasteiger partial charge in [0.1, 0.15) is 4.21 Å². The second kappa shape index (κ2) is 7.27. The average molecular weight is 375 g/mol. The zero-order valence-electron chi connectivity index (χ0n) is 13.6. The molecule has 1 fully saturated rings. The van der Waals surface area contributed by atoms with Gasteiger partial charge in [-0.3, -0.25) is 4.90 Å². The minimum absolute atomic E-state index is 0.0373. The molecule has 1 aromatic carbocycles. The summed E-state index contributed by atoms with van der Waals surface area (Å²) in [7, 11) is -3.50. The molecule has 0 spiro atoms. The molecular formula is C17H17N3O3S2. The Balaban J connectivity index is 1.59. The largest absolute Gasteiger partial charge is 0.336 e. The van der Waals surface area contributed by atoms with E-state index in [1.54, 1.807) is 17.0 Å². The number of thiophene rings is 1. The number of nitrogens with one attached hydrogen (secondary N) is 2. The first-order valence-corrected chi connectivity index (χ1v) is 9.96. The van der Waals surface area contributed by atoms with Gasteiger partial charge in [-0.25, -0.2) is 13.2 Å². The van der Waals surface area contributed by atoms with Gasteiger partial charge in [-0.15, -0.1) is 11.3 Å². The van der Waals surface area contributed by atoms with E-state index in [1.807, 2.05) is 31.2 Å². The molecule has 0 atom stereocenters. The molecule has 2 heterocycles. The van der Waals surface area contributed by atoms with Crippen LogP contribution in [0.1, 0.15) is 10.4 Å². The number of carbonyl (C=O) groups is 1. The molecule has 8 heteroatoms. The monoisotopic (exact) mass is 375 g/mol. The molecule has 1 aliphatic rings. The van der Waals surface area contributed by atoms with Crippen molar-refractivity contribution in [3.63, 3.8) is 0 Å². The predicted molar refractivity (Wildman–Crippen MR) is 98.3 cm³/mol. The average Bonchev–Trinajstić information content (AvgIpc) is 3.21. The summed E-state index contributed by atoms with van der Waals surface area (Å²) in [5.74, 6) is 5.71. The molecule has 2 aromatic rings. The number of sulfonamides is 1. The summed E-state index contributed by atoms with van der Waals surface area (Å²) < 4.78 is 26.9. The van der Waals surface area contributed by atoms with E-state index in [1.165, 1.54) is 11.3 Å². The van der Waals surface area contributed by atoms with E-state index in [9.17, 15) is 13.2 Å². The van der Waals surface area contributed by atoms with Crippen LogP contribution in [-0.2, 0) is 10.0 Å². The van der Waals surface area contributed by atoms with Crippen molar-refractivity contribution >= 4 is 33.1 Å². The Morgan fingerprint density at radius 1 is 1.24 bits per heavy atom. The summed E-state index contributed by atoms with van der Waals surface area (Å²) >= 11 is 1.23. The van der Waals surface area contributed by atoms with Gasteiger partial charge < -0.3 is 5.32 Å². The summed E-state index contributed by atoms with van der Waals surface area (Å²) in [6.07, 6.45) is 0. The van der Waals surface area contributed by atoms with Crippen molar-refractivity contribution in [1.29, 1.82) is 0 Å². The molecule has 3 rings (SSSR count). The molecule has 2 amide bonds. The molecule has 0 saturated carbocycles. The Labute approximate surface area is 150 Å². The second-order valence-electron chi connectivity index (χ2n) is 5.42. The molecule has 0 bridgehead atoms. The highest BCUT2D eigenvalue weighted by Gasteiger charge is 2.20. The normalized spacial score (nSPS) is 14.1. The van der Waals surface area contributed by atoms with Crippen LogP contribution in [0.4, 0.5) is 10.5 Å². The number of aryl methyl sites for hydroxylation is 1. The third-order valence-corrected chi connectivity index (χ3v) is 6.49. The lowest BCUT2D eigenvalue weighted by atomic mass is 10.2. The number of rotatable bonds is 4. The van der Waals surface area contributed by atoms with Crippen LogP contribution in [0.5, 0.6) is 0 Å². The number of hydrogen-bond donors (Lipinski definition) is 2. The molecule has 130 valence electrons. The van der Waals surface area contributed by atoms with Crippen molar-refractivity contribution < 1.29 is 13.2 Å². The Kier molecular flexibility index (Phi) is 5.08. The maximum Gasteiger partial charge on any atom is 0.321 e. The van der Waals surface area contributed by atoms with Gasteiger partial charge in [0.2, 0.25) is 0 Å². The highest BCUT2D eigenvalue weighted by Crippen LogP contribution is 2.20. The summed E-state index contributed by atoms with van der Waals surface area (Å²) in [5.41, 5.74) is 1.57. The van der Waals surface area contributed by atoms with Gasteiger partial charge >= 0.3 is 6.03 Å². The van der Waals surface area contributed by atoms with Crippen molar-refractivity contribution in [2.24, 2.45) is 0 Å². The van der Waals surface area contributed by atoms with Crippen LogP contribution in [0, 0.1) is 18.8 Å². The van der Waals surface area contributed by atoms with Crippen LogP contribution in [0.3, 0.4) is 0 Å². The van der Waals surface area contributed by atoms with Crippen LogP contribution >= 0.6 is 11.3 Å². The van der Waals surface area contributed by atoms with Gasteiger partial charge in [-0.05, 0) is 43.3 Å². The van der Waals surface area contributed by atoms with E-state index in [0.717, 1.165) is 16.1 Å². The summed E-state index contributed by atoms with van der Waals surface area (Å²) in [6, 6.07) is 10.5. The molecule has 1 aliphatic heterocycles. The second-order valence-corrected chi connectivity index (χ2v) is 8.70. The van der Waals surface area contributed by atoms with E-state index < -0.39 is 10.0 Å². The van der Waals surface area contributed by atoms with E-state index in [-0.39, 0.29) is 12.6 Å². The standard InChI is InChI=1S/C17H17N3O3S2/c1-13-4-9-16(24-13)25(22,23)19-10-2-3-14-5-7-15(8-6-14)20-12-11-18-17(20)21/h4-9,19H,10-12H2,1H3,(H,18,21). The molecular weight excluding hydrogens is 358 g/mol. The van der Waals surface area contributed by atoms with Gasteiger partial charge in [-0.1, -0.05) is 11.8 Å². The number of urea groups is 1. The van der Waals surface area contributed by atoms with Crippen molar-refractivity contribution in [2.45, 2.75) is 11.1 Å². The highest BCUT2D eigenvalue weighted by molar-refractivity contribution is 7.91. The lowest BCUT2D eigenvalue weighted by molar-refractivity contribution is 0.252. The third kappa shape index (κ3) is 4.20. The first kappa shape index (κ1) is 17.5. The minimum Gasteiger partial charge on any atom is -0.336 e.